The van der Waals surface area contributed by atoms with E-state index in [1.165, 1.54) is 9.80 Å². The van der Waals surface area contributed by atoms with Gasteiger partial charge in [-0.25, -0.2) is 19.3 Å². The molecule has 212 valence electrons. The van der Waals surface area contributed by atoms with E-state index in [-0.39, 0.29) is 0 Å². The maximum absolute atomic E-state index is 12.0. The molecule has 2 aliphatic heterocycles. The first kappa shape index (κ1) is 31.0. The smallest absolute Gasteiger partial charge is 0.415 e. The maximum Gasteiger partial charge on any atom is 0.415 e. The SMILES string of the molecule is [C-]#[N+]c1ccc(N2C(=O)O[C@@H](C)[C@@H]2[C@@H](C)O)c(C)c1Cl.[C-]#[N+]c1ccc(N2C(=O)O[C@@H](C)[C@@H]2[C@H](C)O)c(C)c1Cl. The summed E-state index contributed by atoms with van der Waals surface area (Å²) in [4.78, 5) is 33.5. The highest BCUT2D eigenvalue weighted by Crippen LogP contribution is 2.40. The number of benzene rings is 2. The lowest BCUT2D eigenvalue weighted by Crippen LogP contribution is -2.44. The van der Waals surface area contributed by atoms with Gasteiger partial charge in [-0.1, -0.05) is 35.3 Å². The molecule has 4 rings (SSSR count). The minimum atomic E-state index is -0.741. The Morgan fingerprint density at radius 3 is 1.38 bits per heavy atom. The van der Waals surface area contributed by atoms with Crippen molar-refractivity contribution in [3.05, 3.63) is 68.3 Å². The number of hydrogen-bond acceptors (Lipinski definition) is 6. The summed E-state index contributed by atoms with van der Waals surface area (Å²) in [6.07, 6.45) is -3.34. The molecular weight excluding hydrogens is 559 g/mol. The van der Waals surface area contributed by atoms with Crippen LogP contribution in [0.5, 0.6) is 0 Å². The number of rotatable bonds is 4. The van der Waals surface area contributed by atoms with Crippen LogP contribution in [0.3, 0.4) is 0 Å². The lowest BCUT2D eigenvalue weighted by atomic mass is 10.0. The van der Waals surface area contributed by atoms with E-state index in [9.17, 15) is 19.8 Å². The standard InChI is InChI=1S/2C14H15ClN2O3/c2*1-7-11(6-5-10(16-4)12(7)15)17-13(8(2)18)9(3)20-14(17)19/h2*5-6,8-9,13,18H,1-3H3/t8-,9+,13+;8-,9-,13-/m10/s1. The first-order valence-corrected chi connectivity index (χ1v) is 13.2. The van der Waals surface area contributed by atoms with Crippen molar-refractivity contribution in [1.82, 2.24) is 0 Å². The highest BCUT2D eigenvalue weighted by Gasteiger charge is 2.44. The fourth-order valence-corrected chi connectivity index (χ4v) is 5.39. The summed E-state index contributed by atoms with van der Waals surface area (Å²) in [7, 11) is 0. The minimum Gasteiger partial charge on any atom is -0.444 e. The van der Waals surface area contributed by atoms with Crippen molar-refractivity contribution in [3.8, 4) is 0 Å². The van der Waals surface area contributed by atoms with Gasteiger partial charge in [0.2, 0.25) is 11.4 Å². The van der Waals surface area contributed by atoms with Gasteiger partial charge >= 0.3 is 12.2 Å². The van der Waals surface area contributed by atoms with E-state index >= 15 is 0 Å². The molecule has 40 heavy (non-hydrogen) atoms. The summed E-state index contributed by atoms with van der Waals surface area (Å²) in [5.74, 6) is 0. The number of amides is 2. The molecule has 2 fully saturated rings. The van der Waals surface area contributed by atoms with Crippen molar-refractivity contribution in [3.63, 3.8) is 0 Å². The lowest BCUT2D eigenvalue weighted by Gasteiger charge is -2.27. The van der Waals surface area contributed by atoms with Crippen molar-refractivity contribution in [2.75, 3.05) is 9.80 Å². The van der Waals surface area contributed by atoms with Crippen LogP contribution in [0.25, 0.3) is 9.69 Å². The predicted octanol–water partition coefficient (Wildman–Crippen LogP) is 6.59. The van der Waals surface area contributed by atoms with Crippen LogP contribution in [0.2, 0.25) is 10.0 Å². The Balaban J connectivity index is 0.000000220. The van der Waals surface area contributed by atoms with Gasteiger partial charge < -0.3 is 19.7 Å². The van der Waals surface area contributed by atoms with Crippen LogP contribution >= 0.6 is 23.2 Å². The van der Waals surface area contributed by atoms with Gasteiger partial charge in [-0.05, 0) is 64.8 Å². The van der Waals surface area contributed by atoms with Crippen LogP contribution in [-0.2, 0) is 9.47 Å². The van der Waals surface area contributed by atoms with E-state index in [1.807, 2.05) is 0 Å². The van der Waals surface area contributed by atoms with Crippen LogP contribution in [0, 0.1) is 27.0 Å². The predicted molar refractivity (Wildman–Crippen MR) is 153 cm³/mol. The van der Waals surface area contributed by atoms with Gasteiger partial charge in [0.1, 0.15) is 24.3 Å². The number of aliphatic hydroxyl groups is 2. The van der Waals surface area contributed by atoms with Crippen molar-refractivity contribution >= 4 is 58.1 Å². The van der Waals surface area contributed by atoms with Gasteiger partial charge in [0, 0.05) is 11.4 Å². The molecule has 2 N–H and O–H groups in total. The molecule has 2 heterocycles. The molecule has 2 amide bonds. The van der Waals surface area contributed by atoms with E-state index in [0.29, 0.717) is 43.9 Å². The Bertz CT molecular complexity index is 1300. The summed E-state index contributed by atoms with van der Waals surface area (Å²) in [5, 5.41) is 20.4. The van der Waals surface area contributed by atoms with Crippen molar-refractivity contribution in [2.24, 2.45) is 0 Å². The summed E-state index contributed by atoms with van der Waals surface area (Å²) in [5.41, 5.74) is 3.03. The molecule has 2 saturated heterocycles. The molecule has 0 aliphatic carbocycles. The van der Waals surface area contributed by atoms with Crippen LogP contribution in [0.4, 0.5) is 32.3 Å². The number of anilines is 2. The van der Waals surface area contributed by atoms with E-state index in [2.05, 4.69) is 9.69 Å². The largest absolute Gasteiger partial charge is 0.444 e. The highest BCUT2D eigenvalue weighted by atomic mass is 35.5. The second kappa shape index (κ2) is 12.3. The number of nitrogens with zero attached hydrogens (tertiary/aromatic N) is 4. The highest BCUT2D eigenvalue weighted by molar-refractivity contribution is 6.35. The Kier molecular flexibility index (Phi) is 9.55. The number of ether oxygens (including phenoxy) is 2. The fourth-order valence-electron chi connectivity index (χ4n) is 4.98. The zero-order valence-corrected chi connectivity index (χ0v) is 24.4. The minimum absolute atomic E-state index is 0.314. The zero-order valence-electron chi connectivity index (χ0n) is 22.8. The van der Waals surface area contributed by atoms with Crippen LogP contribution < -0.4 is 9.80 Å². The summed E-state index contributed by atoms with van der Waals surface area (Å²) < 4.78 is 10.4. The molecule has 6 atom stereocenters. The van der Waals surface area contributed by atoms with Gasteiger partial charge in [0.25, 0.3) is 0 Å². The molecule has 0 unspecified atom stereocenters. The average Bonchev–Trinajstić information content (AvgIpc) is 3.36. The van der Waals surface area contributed by atoms with Crippen LogP contribution in [0.1, 0.15) is 38.8 Å². The van der Waals surface area contributed by atoms with E-state index < -0.39 is 48.7 Å². The van der Waals surface area contributed by atoms with Gasteiger partial charge in [-0.3, -0.25) is 9.80 Å². The van der Waals surface area contributed by atoms with E-state index in [4.69, 9.17) is 45.8 Å². The average molecular weight is 589 g/mol. The number of hydrogen-bond donors (Lipinski definition) is 2. The van der Waals surface area contributed by atoms with Gasteiger partial charge in [-0.15, -0.1) is 0 Å². The summed E-state index contributed by atoms with van der Waals surface area (Å²) in [6.45, 7) is 24.2. The van der Waals surface area contributed by atoms with Crippen LogP contribution in [0.15, 0.2) is 24.3 Å². The number of carbonyl (C=O) groups is 2. The quantitative estimate of drug-likeness (QED) is 0.390. The molecule has 0 aromatic heterocycles. The maximum atomic E-state index is 12.0. The number of halogens is 2. The Labute approximate surface area is 243 Å². The molecule has 10 nitrogen and oxygen atoms in total. The second-order valence-electron chi connectivity index (χ2n) is 9.69. The molecule has 0 bridgehead atoms. The normalized spacial score (nSPS) is 23.4. The number of aliphatic hydroxyl groups excluding tert-OH is 2. The van der Waals surface area contributed by atoms with Gasteiger partial charge in [0.15, 0.2) is 0 Å². The van der Waals surface area contributed by atoms with Crippen molar-refractivity contribution in [2.45, 2.75) is 78.0 Å². The van der Waals surface area contributed by atoms with Crippen molar-refractivity contribution in [1.29, 1.82) is 0 Å². The van der Waals surface area contributed by atoms with Gasteiger partial charge in [0.05, 0.1) is 35.4 Å². The lowest BCUT2D eigenvalue weighted by molar-refractivity contribution is 0.0984. The first-order chi connectivity index (χ1) is 18.8. The molecule has 2 aromatic carbocycles. The Hall–Kier alpha value is -3.54. The Morgan fingerprint density at radius 2 is 1.10 bits per heavy atom. The zero-order chi connectivity index (χ0) is 30.0. The first-order valence-electron chi connectivity index (χ1n) is 12.5. The van der Waals surface area contributed by atoms with E-state index in [0.717, 1.165) is 0 Å². The molecule has 2 aromatic rings. The van der Waals surface area contributed by atoms with Crippen molar-refractivity contribution < 1.29 is 29.3 Å². The summed E-state index contributed by atoms with van der Waals surface area (Å²) in [6, 6.07) is 5.49. The number of carbonyl (C=O) groups excluding carboxylic acids is 2. The monoisotopic (exact) mass is 588 g/mol. The van der Waals surface area contributed by atoms with Crippen LogP contribution in [-0.4, -0.2) is 58.9 Å². The molecule has 0 spiro atoms. The van der Waals surface area contributed by atoms with E-state index in [1.54, 1.807) is 65.8 Å². The molecule has 12 heteroatoms. The number of cyclic esters (lactones) is 2. The molecule has 2 aliphatic rings. The molecule has 0 radical (unpaired) electrons. The second-order valence-corrected chi connectivity index (χ2v) is 10.4. The molecular formula is C28H30Cl2N4O6. The fraction of sp³-hybridized carbons (Fsp3) is 0.429. The third kappa shape index (κ3) is 5.67. The third-order valence-electron chi connectivity index (χ3n) is 6.95. The summed E-state index contributed by atoms with van der Waals surface area (Å²) >= 11 is 12.3. The van der Waals surface area contributed by atoms with Gasteiger partial charge in [-0.2, -0.15) is 0 Å². The Morgan fingerprint density at radius 1 is 0.775 bits per heavy atom. The molecule has 0 saturated carbocycles. The topological polar surface area (TPSA) is 108 Å². The third-order valence-corrected chi connectivity index (χ3v) is 7.90.